The van der Waals surface area contributed by atoms with Crippen molar-refractivity contribution in [2.75, 3.05) is 13.7 Å². The minimum atomic E-state index is -0.717. The van der Waals surface area contributed by atoms with Crippen molar-refractivity contribution in [2.45, 2.75) is 97.5 Å². The van der Waals surface area contributed by atoms with Crippen molar-refractivity contribution in [3.63, 3.8) is 0 Å². The lowest BCUT2D eigenvalue weighted by Gasteiger charge is -2.28. The smallest absolute Gasteiger partial charge is 0.407 e. The molecule has 6 atom stereocenters. The van der Waals surface area contributed by atoms with E-state index in [1.165, 1.54) is 7.11 Å². The lowest BCUT2D eigenvalue weighted by molar-refractivity contribution is -0.135. The Bertz CT molecular complexity index is 2260. The zero-order valence-corrected chi connectivity index (χ0v) is 31.9. The number of fused-ring (bicyclic) bond motifs is 6. The highest BCUT2D eigenvalue weighted by Crippen LogP contribution is 2.44. The summed E-state index contributed by atoms with van der Waals surface area (Å²) in [5, 5.41) is 4.68. The molecule has 54 heavy (non-hydrogen) atoms. The van der Waals surface area contributed by atoms with E-state index in [0.717, 1.165) is 92.8 Å². The number of nitrogens with zero attached hydrogens (tertiary/aromatic N) is 4. The van der Waals surface area contributed by atoms with Crippen molar-refractivity contribution < 1.29 is 23.9 Å². The summed E-state index contributed by atoms with van der Waals surface area (Å²) in [5.74, 6) is 3.08. The molecule has 2 unspecified atom stereocenters. The average Bonchev–Trinajstić information content (AvgIpc) is 3.98. The Morgan fingerprint density at radius 1 is 1.02 bits per heavy atom. The molecular weight excluding hydrogens is 683 g/mol. The van der Waals surface area contributed by atoms with Gasteiger partial charge in [0.15, 0.2) is 0 Å². The molecule has 2 fully saturated rings. The van der Waals surface area contributed by atoms with Crippen LogP contribution in [-0.2, 0) is 20.9 Å². The molecule has 0 spiro atoms. The molecule has 0 radical (unpaired) electrons. The zero-order valence-electron chi connectivity index (χ0n) is 31.9. The molecule has 0 saturated carbocycles. The van der Waals surface area contributed by atoms with Gasteiger partial charge in [-0.2, -0.15) is 0 Å². The first-order valence-electron chi connectivity index (χ1n) is 19.3. The highest BCUT2D eigenvalue weighted by atomic mass is 16.5. The van der Waals surface area contributed by atoms with Crippen molar-refractivity contribution in [3.05, 3.63) is 65.9 Å². The molecule has 8 rings (SSSR count). The number of ether oxygens (including phenoxy) is 2. The highest BCUT2D eigenvalue weighted by molar-refractivity contribution is 6.07. The second-order valence-corrected chi connectivity index (χ2v) is 15.7. The fourth-order valence-electron chi connectivity index (χ4n) is 8.60. The minimum absolute atomic E-state index is 0.0536. The van der Waals surface area contributed by atoms with Crippen LogP contribution in [0.5, 0.6) is 5.75 Å². The van der Waals surface area contributed by atoms with Gasteiger partial charge >= 0.3 is 6.09 Å². The van der Waals surface area contributed by atoms with Crippen LogP contribution in [0.1, 0.15) is 96.0 Å². The number of nitrogens with one attached hydrogen (secondary N) is 3. The molecule has 3 amide bonds. The van der Waals surface area contributed by atoms with Crippen molar-refractivity contribution in [2.24, 2.45) is 11.8 Å². The van der Waals surface area contributed by atoms with Gasteiger partial charge in [0.1, 0.15) is 30.0 Å². The number of imidazole rings is 2. The number of aromatic nitrogens is 4. The molecule has 12 nitrogen and oxygen atoms in total. The summed E-state index contributed by atoms with van der Waals surface area (Å²) in [6.07, 6.45) is 5.38. The second-order valence-electron chi connectivity index (χ2n) is 15.7. The van der Waals surface area contributed by atoms with E-state index < -0.39 is 12.1 Å². The number of benzene rings is 3. The monoisotopic (exact) mass is 731 g/mol. The Kier molecular flexibility index (Phi) is 9.31. The Hall–Kier alpha value is -5.39. The number of likely N-dealkylation sites (tertiary alicyclic amines) is 2. The Morgan fingerprint density at radius 3 is 2.65 bits per heavy atom. The van der Waals surface area contributed by atoms with Crippen LogP contribution in [0.15, 0.2) is 48.7 Å². The SMILES string of the molecule is CC[C@H](C)CC(=O)N1C(c2nc3c(ccc4cc5c(cc43)OCc3cc(-c4cnc(C6C[C@H](C)CN6C(=O)[C@H](C)NC(=O)OC)[nH]4)ccc3-5)[nH]2)CC[C@@H]1C. The van der Waals surface area contributed by atoms with E-state index in [0.29, 0.717) is 25.5 Å². The predicted octanol–water partition coefficient (Wildman–Crippen LogP) is 7.81. The topological polar surface area (TPSA) is 146 Å². The van der Waals surface area contributed by atoms with Crippen molar-refractivity contribution in [1.29, 1.82) is 0 Å². The maximum Gasteiger partial charge on any atom is 0.407 e. The standard InChI is InChI=1S/C42H49N7O5/c1-7-22(2)15-37(50)49-24(4)8-13-34(49)40-45-32-12-10-26-17-31-29-11-9-27(16-28(29)21-54-36(31)18-30(26)38(32)47-40)33-19-43-39(46-33)35-14-23(3)20-48(35)41(51)25(5)44-42(52)53-6/h9-12,16-19,22-25,34-35H,7-8,13-15,20-21H2,1-6H3,(H,43,46)(H,44,52)(H,45,47)/t22-,23-,24-,25-,34?,35?/m0/s1. The van der Waals surface area contributed by atoms with Crippen molar-refractivity contribution in [1.82, 2.24) is 35.1 Å². The molecule has 282 valence electrons. The molecule has 2 saturated heterocycles. The number of carbonyl (C=O) groups is 3. The summed E-state index contributed by atoms with van der Waals surface area (Å²) < 4.78 is 11.1. The number of carbonyl (C=O) groups excluding carboxylic acids is 3. The molecule has 3 aliphatic rings. The molecule has 2 aromatic heterocycles. The summed E-state index contributed by atoms with van der Waals surface area (Å²) in [6, 6.07) is 14.1. The number of hydrogen-bond acceptors (Lipinski definition) is 7. The van der Waals surface area contributed by atoms with Crippen LogP contribution in [0, 0.1) is 11.8 Å². The van der Waals surface area contributed by atoms with Crippen molar-refractivity contribution in [3.8, 4) is 28.1 Å². The number of amides is 3. The van der Waals surface area contributed by atoms with Crippen LogP contribution in [0.2, 0.25) is 0 Å². The van der Waals surface area contributed by atoms with E-state index >= 15 is 0 Å². The number of rotatable bonds is 8. The number of alkyl carbamates (subject to hydrolysis) is 1. The van der Waals surface area contributed by atoms with E-state index in [2.05, 4.69) is 95.1 Å². The number of H-pyrrole nitrogens is 2. The quantitative estimate of drug-likeness (QED) is 0.148. The second kappa shape index (κ2) is 14.1. The largest absolute Gasteiger partial charge is 0.488 e. The molecule has 0 aliphatic carbocycles. The molecule has 3 N–H and O–H groups in total. The van der Waals surface area contributed by atoms with Gasteiger partial charge in [-0.15, -0.1) is 0 Å². The maximum atomic E-state index is 13.4. The van der Waals surface area contributed by atoms with Gasteiger partial charge in [0.05, 0.1) is 42.1 Å². The first kappa shape index (κ1) is 35.6. The van der Waals surface area contributed by atoms with Gasteiger partial charge in [-0.05, 0) is 91.3 Å². The summed E-state index contributed by atoms with van der Waals surface area (Å²) in [4.78, 5) is 59.3. The summed E-state index contributed by atoms with van der Waals surface area (Å²) in [7, 11) is 1.28. The summed E-state index contributed by atoms with van der Waals surface area (Å²) >= 11 is 0. The number of aromatic amines is 2. The van der Waals surface area contributed by atoms with Crippen LogP contribution in [0.25, 0.3) is 44.2 Å². The molecular formula is C42H49N7O5. The van der Waals surface area contributed by atoms with Crippen LogP contribution in [-0.4, -0.2) is 73.4 Å². The molecule has 12 heteroatoms. The van der Waals surface area contributed by atoms with Crippen LogP contribution >= 0.6 is 0 Å². The first-order valence-corrected chi connectivity index (χ1v) is 19.3. The van der Waals surface area contributed by atoms with Crippen molar-refractivity contribution >= 4 is 39.7 Å². The Labute approximate surface area is 315 Å². The lowest BCUT2D eigenvalue weighted by Crippen LogP contribution is -2.46. The molecule has 3 aliphatic heterocycles. The third-order valence-electron chi connectivity index (χ3n) is 11.8. The average molecular weight is 732 g/mol. The molecule has 0 bridgehead atoms. The molecule has 5 heterocycles. The van der Waals surface area contributed by atoms with Gasteiger partial charge in [0, 0.05) is 30.0 Å². The van der Waals surface area contributed by atoms with E-state index in [-0.39, 0.29) is 35.9 Å². The fourth-order valence-corrected chi connectivity index (χ4v) is 8.60. The van der Waals surface area contributed by atoms with Crippen LogP contribution in [0.4, 0.5) is 4.79 Å². The van der Waals surface area contributed by atoms with Gasteiger partial charge in [-0.1, -0.05) is 45.4 Å². The maximum absolute atomic E-state index is 13.4. The Balaban J connectivity index is 1.05. The normalized spacial score (nSPS) is 21.8. The highest BCUT2D eigenvalue weighted by Gasteiger charge is 2.39. The fraction of sp³-hybridized carbons (Fsp3) is 0.452. The third kappa shape index (κ3) is 6.35. The van der Waals surface area contributed by atoms with Crippen LogP contribution < -0.4 is 10.1 Å². The third-order valence-corrected chi connectivity index (χ3v) is 11.8. The van der Waals surface area contributed by atoms with E-state index in [4.69, 9.17) is 14.7 Å². The van der Waals surface area contributed by atoms with Gasteiger partial charge in [-0.3, -0.25) is 9.59 Å². The Morgan fingerprint density at radius 2 is 1.85 bits per heavy atom. The van der Waals surface area contributed by atoms with Gasteiger partial charge in [0.25, 0.3) is 0 Å². The predicted molar refractivity (Wildman–Crippen MR) is 207 cm³/mol. The van der Waals surface area contributed by atoms with Gasteiger partial charge < -0.3 is 34.6 Å². The van der Waals surface area contributed by atoms with Gasteiger partial charge in [-0.25, -0.2) is 14.8 Å². The van der Waals surface area contributed by atoms with Crippen LogP contribution in [0.3, 0.4) is 0 Å². The molecule has 5 aromatic rings. The zero-order chi connectivity index (χ0) is 37.8. The molecule has 3 aromatic carbocycles. The van der Waals surface area contributed by atoms with E-state index in [1.807, 2.05) is 6.20 Å². The number of hydrogen-bond donors (Lipinski definition) is 3. The van der Waals surface area contributed by atoms with E-state index in [1.54, 1.807) is 11.8 Å². The lowest BCUT2D eigenvalue weighted by atomic mass is 9.92. The van der Waals surface area contributed by atoms with E-state index in [9.17, 15) is 14.4 Å². The summed E-state index contributed by atoms with van der Waals surface area (Å²) in [6.45, 7) is 11.2. The minimum Gasteiger partial charge on any atom is -0.488 e. The first-order chi connectivity index (χ1) is 26.0. The number of methoxy groups -OCH3 is 1. The van der Waals surface area contributed by atoms with Gasteiger partial charge in [0.2, 0.25) is 11.8 Å². The summed E-state index contributed by atoms with van der Waals surface area (Å²) in [5.41, 5.74) is 6.92.